The molecule has 0 atom stereocenters. The first-order valence-electron chi connectivity index (χ1n) is 8.77. The molecule has 0 amide bonds. The fourth-order valence-electron chi connectivity index (χ4n) is 2.70. The predicted molar refractivity (Wildman–Crippen MR) is 108 cm³/mol. The van der Waals surface area contributed by atoms with Crippen LogP contribution in [0.25, 0.3) is 0 Å². The van der Waals surface area contributed by atoms with Crippen LogP contribution in [0.2, 0.25) is 0 Å². The molecule has 7 nitrogen and oxygen atoms in total. The van der Waals surface area contributed by atoms with Crippen molar-refractivity contribution in [2.45, 2.75) is 6.42 Å². The smallest absolute Gasteiger partial charge is 0.229 e. The van der Waals surface area contributed by atoms with Crippen LogP contribution in [0.5, 0.6) is 11.5 Å². The highest BCUT2D eigenvalue weighted by Gasteiger charge is 2.06. The van der Waals surface area contributed by atoms with Gasteiger partial charge in [0, 0.05) is 12.7 Å². The van der Waals surface area contributed by atoms with Gasteiger partial charge in [-0.3, -0.25) is 0 Å². The molecule has 0 spiro atoms. The number of nitrogens with one attached hydrogen (secondary N) is 2. The van der Waals surface area contributed by atoms with Gasteiger partial charge in [0.25, 0.3) is 0 Å². The number of anilines is 3. The Morgan fingerprint density at radius 2 is 1.86 bits per heavy atom. The summed E-state index contributed by atoms with van der Waals surface area (Å²) in [5.74, 6) is 2.55. The number of nitriles is 1. The summed E-state index contributed by atoms with van der Waals surface area (Å²) in [4.78, 5) is 8.66. The van der Waals surface area contributed by atoms with Crippen molar-refractivity contribution in [2.24, 2.45) is 0 Å². The summed E-state index contributed by atoms with van der Waals surface area (Å²) >= 11 is 0. The zero-order valence-electron chi connectivity index (χ0n) is 15.8. The van der Waals surface area contributed by atoms with Crippen LogP contribution >= 0.6 is 0 Å². The van der Waals surface area contributed by atoms with E-state index in [1.165, 1.54) is 0 Å². The molecule has 7 heteroatoms. The summed E-state index contributed by atoms with van der Waals surface area (Å²) in [6, 6.07) is 17.1. The van der Waals surface area contributed by atoms with Crippen LogP contribution in [0.3, 0.4) is 0 Å². The number of hydrogen-bond acceptors (Lipinski definition) is 7. The Bertz CT molecular complexity index is 985. The van der Waals surface area contributed by atoms with E-state index in [1.54, 1.807) is 32.5 Å². The van der Waals surface area contributed by atoms with E-state index >= 15 is 0 Å². The topological polar surface area (TPSA) is 92.1 Å². The third kappa shape index (κ3) is 4.68. The highest BCUT2D eigenvalue weighted by molar-refractivity contribution is 5.63. The summed E-state index contributed by atoms with van der Waals surface area (Å²) in [6.45, 7) is 0.695. The Labute approximate surface area is 164 Å². The number of methoxy groups -OCH3 is 2. The van der Waals surface area contributed by atoms with Crippen molar-refractivity contribution in [1.29, 1.82) is 5.26 Å². The first-order valence-corrected chi connectivity index (χ1v) is 8.77. The van der Waals surface area contributed by atoms with E-state index in [1.807, 2.05) is 36.4 Å². The van der Waals surface area contributed by atoms with Crippen molar-refractivity contribution in [3.63, 3.8) is 0 Å². The van der Waals surface area contributed by atoms with Gasteiger partial charge < -0.3 is 20.1 Å². The molecule has 1 aromatic heterocycles. The highest BCUT2D eigenvalue weighted by Crippen LogP contribution is 2.27. The first-order chi connectivity index (χ1) is 13.7. The Kier molecular flexibility index (Phi) is 6.26. The molecule has 0 saturated heterocycles. The van der Waals surface area contributed by atoms with Crippen molar-refractivity contribution in [3.05, 3.63) is 65.9 Å². The van der Waals surface area contributed by atoms with Crippen molar-refractivity contribution in [3.8, 4) is 17.6 Å². The molecule has 2 aromatic carbocycles. The van der Waals surface area contributed by atoms with Gasteiger partial charge >= 0.3 is 0 Å². The lowest BCUT2D eigenvalue weighted by Crippen LogP contribution is -2.08. The van der Waals surface area contributed by atoms with Gasteiger partial charge in [-0.05, 0) is 42.3 Å². The molecule has 0 aliphatic heterocycles. The molecule has 1 heterocycles. The number of ether oxygens (including phenoxy) is 2. The lowest BCUT2D eigenvalue weighted by molar-refractivity contribution is 0.354. The van der Waals surface area contributed by atoms with E-state index in [9.17, 15) is 5.26 Å². The standard InChI is InChI=1S/C21H21N5O2/c1-27-18-8-7-15(13-19(18)28-2)9-11-23-20-10-12-24-21(26-20)25-17-6-4-3-5-16(17)14-22/h3-8,10,12-13H,9,11H2,1-2H3,(H2,23,24,25,26). The van der Waals surface area contributed by atoms with Crippen LogP contribution in [-0.2, 0) is 6.42 Å². The summed E-state index contributed by atoms with van der Waals surface area (Å²) in [5.41, 5.74) is 2.34. The minimum atomic E-state index is 0.429. The molecule has 0 aliphatic carbocycles. The molecule has 3 aromatic rings. The van der Waals surface area contributed by atoms with E-state index in [-0.39, 0.29) is 0 Å². The first kappa shape index (κ1) is 19.0. The maximum atomic E-state index is 9.19. The normalized spacial score (nSPS) is 10.0. The highest BCUT2D eigenvalue weighted by atomic mass is 16.5. The SMILES string of the molecule is COc1ccc(CCNc2ccnc(Nc3ccccc3C#N)n2)cc1OC. The second-order valence-corrected chi connectivity index (χ2v) is 5.91. The van der Waals surface area contributed by atoms with Gasteiger partial charge in [-0.1, -0.05) is 18.2 Å². The third-order valence-electron chi connectivity index (χ3n) is 4.12. The van der Waals surface area contributed by atoms with Crippen LogP contribution in [0.4, 0.5) is 17.5 Å². The maximum Gasteiger partial charge on any atom is 0.229 e. The Morgan fingerprint density at radius 3 is 2.64 bits per heavy atom. The second kappa shape index (κ2) is 9.24. The van der Waals surface area contributed by atoms with E-state index < -0.39 is 0 Å². The number of rotatable bonds is 8. The average Bonchev–Trinajstić information content (AvgIpc) is 2.74. The number of nitrogens with zero attached hydrogens (tertiary/aromatic N) is 3. The molecule has 0 fully saturated rings. The molecule has 0 saturated carbocycles. The van der Waals surface area contributed by atoms with Crippen LogP contribution in [0.1, 0.15) is 11.1 Å². The molecule has 3 rings (SSSR count). The van der Waals surface area contributed by atoms with Gasteiger partial charge in [-0.25, -0.2) is 4.98 Å². The summed E-state index contributed by atoms with van der Waals surface area (Å²) < 4.78 is 10.6. The predicted octanol–water partition coefficient (Wildman–Crippen LogP) is 3.76. The lowest BCUT2D eigenvalue weighted by Gasteiger charge is -2.11. The maximum absolute atomic E-state index is 9.19. The van der Waals surface area contributed by atoms with E-state index in [0.717, 1.165) is 12.0 Å². The number of aromatic nitrogens is 2. The molecule has 2 N–H and O–H groups in total. The summed E-state index contributed by atoms with van der Waals surface area (Å²) in [7, 11) is 3.24. The van der Waals surface area contributed by atoms with Crippen LogP contribution in [0, 0.1) is 11.3 Å². The van der Waals surface area contributed by atoms with Gasteiger partial charge in [0.2, 0.25) is 5.95 Å². The van der Waals surface area contributed by atoms with E-state index in [0.29, 0.717) is 41.1 Å². The van der Waals surface area contributed by atoms with Crippen molar-refractivity contribution in [1.82, 2.24) is 9.97 Å². The van der Waals surface area contributed by atoms with Gasteiger partial charge in [0.15, 0.2) is 11.5 Å². The quantitative estimate of drug-likeness (QED) is 0.619. The number of hydrogen-bond donors (Lipinski definition) is 2. The summed E-state index contributed by atoms with van der Waals surface area (Å²) in [5, 5.41) is 15.6. The van der Waals surface area contributed by atoms with E-state index in [2.05, 4.69) is 26.7 Å². The molecule has 0 unspecified atom stereocenters. The fraction of sp³-hybridized carbons (Fsp3) is 0.190. The molecular formula is C21H21N5O2. The average molecular weight is 375 g/mol. The van der Waals surface area contributed by atoms with Crippen LogP contribution < -0.4 is 20.1 Å². The fourth-order valence-corrected chi connectivity index (χ4v) is 2.70. The summed E-state index contributed by atoms with van der Waals surface area (Å²) in [6.07, 6.45) is 2.47. The molecule has 0 bridgehead atoms. The van der Waals surface area contributed by atoms with Gasteiger partial charge in [-0.15, -0.1) is 0 Å². The van der Waals surface area contributed by atoms with Crippen molar-refractivity contribution < 1.29 is 9.47 Å². The Hall–Kier alpha value is -3.79. The van der Waals surface area contributed by atoms with Crippen molar-refractivity contribution in [2.75, 3.05) is 31.4 Å². The zero-order valence-corrected chi connectivity index (χ0v) is 15.8. The monoisotopic (exact) mass is 375 g/mol. The lowest BCUT2D eigenvalue weighted by atomic mass is 10.1. The Morgan fingerprint density at radius 1 is 1.04 bits per heavy atom. The second-order valence-electron chi connectivity index (χ2n) is 5.91. The molecule has 28 heavy (non-hydrogen) atoms. The van der Waals surface area contributed by atoms with Gasteiger partial charge in [0.05, 0.1) is 25.5 Å². The number of para-hydroxylation sites is 1. The molecule has 142 valence electrons. The molecular weight excluding hydrogens is 354 g/mol. The van der Waals surface area contributed by atoms with Crippen LogP contribution in [-0.4, -0.2) is 30.7 Å². The van der Waals surface area contributed by atoms with E-state index in [4.69, 9.17) is 9.47 Å². The minimum Gasteiger partial charge on any atom is -0.493 e. The zero-order chi connectivity index (χ0) is 19.8. The third-order valence-corrected chi connectivity index (χ3v) is 4.12. The minimum absolute atomic E-state index is 0.429. The van der Waals surface area contributed by atoms with Crippen molar-refractivity contribution >= 4 is 17.5 Å². The number of benzene rings is 2. The van der Waals surface area contributed by atoms with Gasteiger partial charge in [0.1, 0.15) is 11.9 Å². The Balaban J connectivity index is 1.61. The molecule has 0 radical (unpaired) electrons. The molecule has 0 aliphatic rings. The largest absolute Gasteiger partial charge is 0.493 e. The van der Waals surface area contributed by atoms with Gasteiger partial charge in [-0.2, -0.15) is 10.2 Å². The van der Waals surface area contributed by atoms with Crippen LogP contribution in [0.15, 0.2) is 54.7 Å².